The summed E-state index contributed by atoms with van der Waals surface area (Å²) in [4.78, 5) is 27.1. The molecule has 0 saturated carbocycles. The number of hydrogen-bond acceptors (Lipinski definition) is 7. The van der Waals surface area contributed by atoms with Gasteiger partial charge in [-0.1, -0.05) is 17.4 Å². The summed E-state index contributed by atoms with van der Waals surface area (Å²) in [5, 5.41) is 10.8. The second-order valence-electron chi connectivity index (χ2n) is 5.58. The van der Waals surface area contributed by atoms with Crippen LogP contribution in [0, 0.1) is 10.1 Å². The SMILES string of the molecule is CCOCCn1c(=NC(=O)c2ccc([N+](=O)[O-])o2)sc2cccc(OCC)c21. The van der Waals surface area contributed by atoms with Gasteiger partial charge in [0.05, 0.1) is 24.0 Å². The quantitative estimate of drug-likeness (QED) is 0.323. The minimum atomic E-state index is -0.702. The Bertz CT molecular complexity index is 1060. The zero-order chi connectivity index (χ0) is 20.1. The molecule has 0 aliphatic rings. The standard InChI is InChI=1S/C18H19N3O6S/c1-3-25-11-10-20-16-12(26-4-2)6-5-7-14(16)28-18(20)19-17(22)13-8-9-15(27-13)21(23)24/h5-9H,3-4,10-11H2,1-2H3. The zero-order valence-corrected chi connectivity index (χ0v) is 16.2. The number of hydrogen-bond donors (Lipinski definition) is 0. The Labute approximate surface area is 164 Å². The normalized spacial score (nSPS) is 11.9. The number of carbonyl (C=O) groups excluding carboxylic acids is 1. The van der Waals surface area contributed by atoms with E-state index in [4.69, 9.17) is 13.9 Å². The molecule has 0 spiro atoms. The molecule has 10 heteroatoms. The minimum Gasteiger partial charge on any atom is -0.492 e. The topological polar surface area (TPSA) is 109 Å². The van der Waals surface area contributed by atoms with Crippen LogP contribution in [0.1, 0.15) is 24.4 Å². The molecule has 0 fully saturated rings. The van der Waals surface area contributed by atoms with Crippen LogP contribution in [0.3, 0.4) is 0 Å². The van der Waals surface area contributed by atoms with Crippen LogP contribution in [0.25, 0.3) is 10.2 Å². The van der Waals surface area contributed by atoms with Crippen LogP contribution in [-0.4, -0.2) is 35.2 Å². The summed E-state index contributed by atoms with van der Waals surface area (Å²) >= 11 is 1.32. The number of rotatable bonds is 8. The number of nitrogens with zero attached hydrogens (tertiary/aromatic N) is 3. The molecule has 3 aromatic rings. The second-order valence-corrected chi connectivity index (χ2v) is 6.59. The summed E-state index contributed by atoms with van der Waals surface area (Å²) in [5.74, 6) is -0.693. The summed E-state index contributed by atoms with van der Waals surface area (Å²) < 4.78 is 18.9. The highest BCUT2D eigenvalue weighted by Gasteiger charge is 2.18. The van der Waals surface area contributed by atoms with Gasteiger partial charge >= 0.3 is 11.8 Å². The maximum absolute atomic E-state index is 12.5. The molecule has 1 amide bonds. The van der Waals surface area contributed by atoms with E-state index in [0.717, 1.165) is 16.3 Å². The predicted octanol–water partition coefficient (Wildman–Crippen LogP) is 3.38. The van der Waals surface area contributed by atoms with Crippen molar-refractivity contribution in [2.75, 3.05) is 19.8 Å². The molecule has 0 atom stereocenters. The van der Waals surface area contributed by atoms with Gasteiger partial charge in [0.25, 0.3) is 0 Å². The van der Waals surface area contributed by atoms with E-state index >= 15 is 0 Å². The van der Waals surface area contributed by atoms with Crippen LogP contribution >= 0.6 is 11.3 Å². The molecule has 0 bridgehead atoms. The average molecular weight is 405 g/mol. The van der Waals surface area contributed by atoms with Crippen LogP contribution in [0.2, 0.25) is 0 Å². The molecule has 0 N–H and O–H groups in total. The molecule has 2 heterocycles. The molecule has 0 aliphatic carbocycles. The van der Waals surface area contributed by atoms with Gasteiger partial charge < -0.3 is 18.5 Å². The first-order valence-corrected chi connectivity index (χ1v) is 9.53. The number of fused-ring (bicyclic) bond motifs is 1. The number of furan rings is 1. The van der Waals surface area contributed by atoms with Crippen molar-refractivity contribution in [1.29, 1.82) is 0 Å². The van der Waals surface area contributed by atoms with Gasteiger partial charge in [0.15, 0.2) is 4.80 Å². The van der Waals surface area contributed by atoms with Crippen molar-refractivity contribution in [3.63, 3.8) is 0 Å². The first-order valence-electron chi connectivity index (χ1n) is 8.71. The molecule has 0 aliphatic heterocycles. The molecule has 0 radical (unpaired) electrons. The van der Waals surface area contributed by atoms with Gasteiger partial charge in [0, 0.05) is 13.2 Å². The van der Waals surface area contributed by atoms with E-state index in [2.05, 4.69) is 4.99 Å². The van der Waals surface area contributed by atoms with Gasteiger partial charge in [0.1, 0.15) is 16.2 Å². The van der Waals surface area contributed by atoms with Gasteiger partial charge in [-0.3, -0.25) is 14.9 Å². The van der Waals surface area contributed by atoms with Crippen LogP contribution in [0.4, 0.5) is 5.88 Å². The molecular formula is C18H19N3O6S. The number of amides is 1. The number of carbonyl (C=O) groups is 1. The van der Waals surface area contributed by atoms with Crippen molar-refractivity contribution >= 4 is 33.3 Å². The van der Waals surface area contributed by atoms with Gasteiger partial charge in [-0.2, -0.15) is 4.99 Å². The summed E-state index contributed by atoms with van der Waals surface area (Å²) in [6, 6.07) is 8.02. The fourth-order valence-electron chi connectivity index (χ4n) is 2.65. The number of nitro groups is 1. The summed E-state index contributed by atoms with van der Waals surface area (Å²) in [7, 11) is 0. The van der Waals surface area contributed by atoms with Gasteiger partial charge in [-0.05, 0) is 32.0 Å². The first-order chi connectivity index (χ1) is 13.5. The lowest BCUT2D eigenvalue weighted by Crippen LogP contribution is -2.20. The van der Waals surface area contributed by atoms with Crippen molar-refractivity contribution in [1.82, 2.24) is 4.57 Å². The van der Waals surface area contributed by atoms with Crippen molar-refractivity contribution in [3.8, 4) is 5.75 Å². The minimum absolute atomic E-state index is 0.189. The highest BCUT2D eigenvalue weighted by Crippen LogP contribution is 2.27. The molecule has 28 heavy (non-hydrogen) atoms. The van der Waals surface area contributed by atoms with E-state index in [9.17, 15) is 14.9 Å². The van der Waals surface area contributed by atoms with Crippen LogP contribution in [-0.2, 0) is 11.3 Å². The van der Waals surface area contributed by atoms with Crippen LogP contribution < -0.4 is 9.54 Å². The van der Waals surface area contributed by atoms with Crippen LogP contribution in [0.5, 0.6) is 5.75 Å². The first kappa shape index (κ1) is 19.8. The van der Waals surface area contributed by atoms with Crippen LogP contribution in [0.15, 0.2) is 39.7 Å². The third-order valence-corrected chi connectivity index (χ3v) is 4.85. The summed E-state index contributed by atoms with van der Waals surface area (Å²) in [6.45, 7) is 5.79. The van der Waals surface area contributed by atoms with Crippen molar-refractivity contribution in [2.24, 2.45) is 4.99 Å². The van der Waals surface area contributed by atoms with E-state index in [1.165, 1.54) is 17.4 Å². The molecule has 2 aromatic heterocycles. The third-order valence-electron chi connectivity index (χ3n) is 3.81. The molecule has 148 valence electrons. The van der Waals surface area contributed by atoms with E-state index < -0.39 is 16.7 Å². The Morgan fingerprint density at radius 3 is 2.79 bits per heavy atom. The molecule has 9 nitrogen and oxygen atoms in total. The lowest BCUT2D eigenvalue weighted by atomic mass is 10.3. The van der Waals surface area contributed by atoms with Gasteiger partial charge in [-0.15, -0.1) is 0 Å². The molecule has 0 saturated heterocycles. The Balaban J connectivity index is 2.08. The van der Waals surface area contributed by atoms with Gasteiger partial charge in [-0.25, -0.2) is 0 Å². The highest BCUT2D eigenvalue weighted by atomic mass is 32.1. The van der Waals surface area contributed by atoms with E-state index in [1.807, 2.05) is 36.6 Å². The monoisotopic (exact) mass is 405 g/mol. The molecular weight excluding hydrogens is 386 g/mol. The lowest BCUT2D eigenvalue weighted by Gasteiger charge is -2.09. The Morgan fingerprint density at radius 1 is 1.29 bits per heavy atom. The zero-order valence-electron chi connectivity index (χ0n) is 15.4. The second kappa shape index (κ2) is 8.81. The third kappa shape index (κ3) is 4.12. The fraction of sp³-hybridized carbons (Fsp3) is 0.333. The summed E-state index contributed by atoms with van der Waals surface area (Å²) in [5.41, 5.74) is 0.825. The number of thiazole rings is 1. The molecule has 3 rings (SSSR count). The van der Waals surface area contributed by atoms with Crippen molar-refractivity contribution < 1.29 is 23.6 Å². The van der Waals surface area contributed by atoms with E-state index in [0.29, 0.717) is 36.9 Å². The number of para-hydroxylation sites is 1. The smallest absolute Gasteiger partial charge is 0.433 e. The van der Waals surface area contributed by atoms with E-state index in [-0.39, 0.29) is 5.76 Å². The number of ether oxygens (including phenoxy) is 2. The maximum Gasteiger partial charge on any atom is 0.433 e. The van der Waals surface area contributed by atoms with Crippen molar-refractivity contribution in [3.05, 3.63) is 51.0 Å². The number of benzene rings is 1. The molecule has 1 aromatic carbocycles. The fourth-order valence-corrected chi connectivity index (χ4v) is 3.72. The molecule has 0 unspecified atom stereocenters. The highest BCUT2D eigenvalue weighted by molar-refractivity contribution is 7.16. The Hall–Kier alpha value is -2.98. The largest absolute Gasteiger partial charge is 0.492 e. The Kier molecular flexibility index (Phi) is 6.22. The van der Waals surface area contributed by atoms with E-state index in [1.54, 1.807) is 0 Å². The average Bonchev–Trinajstić information content (AvgIpc) is 3.28. The Morgan fingerprint density at radius 2 is 2.11 bits per heavy atom. The van der Waals surface area contributed by atoms with Crippen molar-refractivity contribution in [2.45, 2.75) is 20.4 Å². The maximum atomic E-state index is 12.5. The lowest BCUT2D eigenvalue weighted by molar-refractivity contribution is -0.402. The number of aromatic nitrogens is 1. The van der Waals surface area contributed by atoms with Gasteiger partial charge in [0.2, 0.25) is 5.76 Å². The summed E-state index contributed by atoms with van der Waals surface area (Å²) in [6.07, 6.45) is 0. The predicted molar refractivity (Wildman–Crippen MR) is 103 cm³/mol.